The molecule has 0 spiro atoms. The minimum Gasteiger partial charge on any atom is -0.316 e. The Kier molecular flexibility index (Phi) is 3.70. The van der Waals surface area contributed by atoms with Crippen LogP contribution in [0.15, 0.2) is 70.6 Å². The Labute approximate surface area is 146 Å². The number of anilines is 1. The molecular formula is C18H13N5O3. The normalized spacial score (nSPS) is 10.8. The summed E-state index contributed by atoms with van der Waals surface area (Å²) in [6, 6.07) is 13.0. The van der Waals surface area contributed by atoms with Gasteiger partial charge in [0.1, 0.15) is 11.3 Å². The number of rotatable bonds is 3. The Morgan fingerprint density at radius 3 is 2.69 bits per heavy atom. The van der Waals surface area contributed by atoms with Crippen molar-refractivity contribution in [1.29, 1.82) is 0 Å². The maximum atomic E-state index is 12.4. The molecule has 4 rings (SSSR count). The van der Waals surface area contributed by atoms with Crippen molar-refractivity contribution < 1.29 is 4.79 Å². The number of imidazole rings is 1. The van der Waals surface area contributed by atoms with Crippen LogP contribution in [0.5, 0.6) is 0 Å². The van der Waals surface area contributed by atoms with Crippen LogP contribution in [-0.4, -0.2) is 25.3 Å². The van der Waals surface area contributed by atoms with Crippen LogP contribution in [0.4, 0.5) is 5.69 Å². The number of carbonyl (C=O) groups is 1. The molecule has 3 aromatic heterocycles. The molecule has 128 valence electrons. The van der Waals surface area contributed by atoms with E-state index in [1.165, 1.54) is 0 Å². The summed E-state index contributed by atoms with van der Waals surface area (Å²) < 4.78 is 1.81. The summed E-state index contributed by atoms with van der Waals surface area (Å²) in [6.07, 6.45) is 4.75. The fourth-order valence-corrected chi connectivity index (χ4v) is 2.57. The lowest BCUT2D eigenvalue weighted by Gasteiger charge is -2.04. The number of hydrogen-bond donors (Lipinski definition) is 3. The quantitative estimate of drug-likeness (QED) is 0.523. The van der Waals surface area contributed by atoms with Crippen LogP contribution in [0, 0.1) is 0 Å². The van der Waals surface area contributed by atoms with E-state index in [-0.39, 0.29) is 5.69 Å². The summed E-state index contributed by atoms with van der Waals surface area (Å²) in [7, 11) is 0. The van der Waals surface area contributed by atoms with Gasteiger partial charge in [-0.15, -0.1) is 0 Å². The topological polar surface area (TPSA) is 112 Å². The third kappa shape index (κ3) is 2.91. The highest BCUT2D eigenvalue weighted by molar-refractivity contribution is 6.04. The summed E-state index contributed by atoms with van der Waals surface area (Å²) >= 11 is 0. The van der Waals surface area contributed by atoms with E-state index < -0.39 is 17.2 Å². The van der Waals surface area contributed by atoms with E-state index in [1.807, 2.05) is 45.9 Å². The average Bonchev–Trinajstić information content (AvgIpc) is 3.08. The molecule has 0 aliphatic heterocycles. The Balaban J connectivity index is 1.65. The van der Waals surface area contributed by atoms with Gasteiger partial charge in [0.15, 0.2) is 0 Å². The zero-order chi connectivity index (χ0) is 18.1. The number of nitrogens with zero attached hydrogens (tertiary/aromatic N) is 2. The molecule has 4 aromatic rings. The first-order chi connectivity index (χ1) is 12.6. The van der Waals surface area contributed by atoms with Gasteiger partial charge in [0.25, 0.3) is 11.5 Å². The first-order valence-corrected chi connectivity index (χ1v) is 7.78. The number of aromatic nitrogens is 4. The number of carbonyl (C=O) groups excluding carboxylic acids is 1. The molecule has 0 atom stereocenters. The number of pyridine rings is 1. The van der Waals surface area contributed by atoms with Crippen molar-refractivity contribution in [2.75, 3.05) is 5.32 Å². The maximum absolute atomic E-state index is 12.4. The van der Waals surface area contributed by atoms with Gasteiger partial charge in [-0.05, 0) is 12.1 Å². The second kappa shape index (κ2) is 6.17. The minimum atomic E-state index is -0.671. The monoisotopic (exact) mass is 347 g/mol. The molecule has 0 fully saturated rings. The van der Waals surface area contributed by atoms with Crippen molar-refractivity contribution in [3.05, 3.63) is 87.5 Å². The van der Waals surface area contributed by atoms with E-state index in [0.29, 0.717) is 11.2 Å². The lowest BCUT2D eigenvalue weighted by atomic mass is 10.2. The molecule has 3 N–H and O–H groups in total. The summed E-state index contributed by atoms with van der Waals surface area (Å²) in [5.74, 6) is -0.477. The van der Waals surface area contributed by atoms with Crippen LogP contribution in [-0.2, 0) is 0 Å². The molecule has 1 amide bonds. The van der Waals surface area contributed by atoms with E-state index >= 15 is 0 Å². The lowest BCUT2D eigenvalue weighted by molar-refractivity contribution is 0.102. The first kappa shape index (κ1) is 15.6. The van der Waals surface area contributed by atoms with Gasteiger partial charge in [-0.1, -0.05) is 30.3 Å². The molecule has 26 heavy (non-hydrogen) atoms. The average molecular weight is 347 g/mol. The number of nitrogens with one attached hydrogen (secondary N) is 3. The van der Waals surface area contributed by atoms with Crippen molar-refractivity contribution >= 4 is 17.2 Å². The van der Waals surface area contributed by atoms with Crippen molar-refractivity contribution in [3.8, 4) is 11.3 Å². The lowest BCUT2D eigenvalue weighted by Crippen LogP contribution is -2.26. The number of amides is 1. The molecule has 8 nitrogen and oxygen atoms in total. The van der Waals surface area contributed by atoms with Crippen molar-refractivity contribution in [2.45, 2.75) is 0 Å². The predicted octanol–water partition coefficient (Wildman–Crippen LogP) is 1.63. The van der Waals surface area contributed by atoms with Crippen molar-refractivity contribution in [2.24, 2.45) is 0 Å². The molecule has 0 saturated carbocycles. The Morgan fingerprint density at radius 1 is 1.12 bits per heavy atom. The Bertz CT molecular complexity index is 1220. The second-order valence-corrected chi connectivity index (χ2v) is 5.61. The van der Waals surface area contributed by atoms with Crippen molar-refractivity contribution in [3.63, 3.8) is 0 Å². The fourth-order valence-electron chi connectivity index (χ4n) is 2.57. The van der Waals surface area contributed by atoms with E-state index in [0.717, 1.165) is 17.5 Å². The maximum Gasteiger partial charge on any atom is 0.325 e. The smallest absolute Gasteiger partial charge is 0.316 e. The van der Waals surface area contributed by atoms with Gasteiger partial charge in [-0.2, -0.15) is 0 Å². The van der Waals surface area contributed by atoms with Gasteiger partial charge in [0, 0.05) is 29.7 Å². The molecular weight excluding hydrogens is 334 g/mol. The molecule has 3 heterocycles. The summed E-state index contributed by atoms with van der Waals surface area (Å²) in [5.41, 5.74) is 1.36. The van der Waals surface area contributed by atoms with Gasteiger partial charge >= 0.3 is 5.69 Å². The van der Waals surface area contributed by atoms with Gasteiger partial charge in [0.05, 0.1) is 5.69 Å². The number of hydrogen-bond acceptors (Lipinski definition) is 4. The first-order valence-electron chi connectivity index (χ1n) is 7.78. The molecule has 0 bridgehead atoms. The van der Waals surface area contributed by atoms with Crippen LogP contribution < -0.4 is 16.6 Å². The molecule has 0 saturated heterocycles. The summed E-state index contributed by atoms with van der Waals surface area (Å²) in [6.45, 7) is 0. The van der Waals surface area contributed by atoms with Crippen LogP contribution in [0.25, 0.3) is 16.9 Å². The molecule has 1 aromatic carbocycles. The van der Waals surface area contributed by atoms with Gasteiger partial charge < -0.3 is 14.7 Å². The third-order valence-corrected chi connectivity index (χ3v) is 3.86. The van der Waals surface area contributed by atoms with Crippen molar-refractivity contribution in [1.82, 2.24) is 19.4 Å². The standard InChI is InChI=1S/C18H13N5O3/c24-16(21-13-9-19-18(26)22-17(13)25)12-6-7-23-10-14(20-15(23)8-12)11-4-2-1-3-5-11/h1-10H,(H,21,24)(H2,19,22,25,26). The van der Waals surface area contributed by atoms with Gasteiger partial charge in [-0.25, -0.2) is 9.78 Å². The number of aromatic amines is 2. The van der Waals surface area contributed by atoms with Gasteiger partial charge in [0.2, 0.25) is 0 Å². The Morgan fingerprint density at radius 2 is 1.92 bits per heavy atom. The highest BCUT2D eigenvalue weighted by atomic mass is 16.2. The SMILES string of the molecule is O=C(Nc1c[nH]c(=O)[nH]c1=O)c1ccn2cc(-c3ccccc3)nc2c1. The largest absolute Gasteiger partial charge is 0.325 e. The van der Waals surface area contributed by atoms with E-state index in [2.05, 4.69) is 15.3 Å². The molecule has 0 unspecified atom stereocenters. The zero-order valence-corrected chi connectivity index (χ0v) is 13.4. The highest BCUT2D eigenvalue weighted by Crippen LogP contribution is 2.19. The molecule has 0 aliphatic rings. The van der Waals surface area contributed by atoms with Crippen LogP contribution in [0.2, 0.25) is 0 Å². The summed E-state index contributed by atoms with van der Waals surface area (Å²) in [5, 5.41) is 2.47. The number of benzene rings is 1. The second-order valence-electron chi connectivity index (χ2n) is 5.61. The number of H-pyrrole nitrogens is 2. The Hall–Kier alpha value is -3.94. The van der Waals surface area contributed by atoms with Crippen LogP contribution in [0.3, 0.4) is 0 Å². The number of fused-ring (bicyclic) bond motifs is 1. The van der Waals surface area contributed by atoms with E-state index in [4.69, 9.17) is 0 Å². The fraction of sp³-hybridized carbons (Fsp3) is 0. The predicted molar refractivity (Wildman–Crippen MR) is 96.3 cm³/mol. The van der Waals surface area contributed by atoms with E-state index in [9.17, 15) is 14.4 Å². The van der Waals surface area contributed by atoms with Crippen LogP contribution in [0.1, 0.15) is 10.4 Å². The van der Waals surface area contributed by atoms with Gasteiger partial charge in [-0.3, -0.25) is 14.6 Å². The third-order valence-electron chi connectivity index (χ3n) is 3.86. The molecule has 0 radical (unpaired) electrons. The zero-order valence-electron chi connectivity index (χ0n) is 13.4. The van der Waals surface area contributed by atoms with E-state index in [1.54, 1.807) is 18.3 Å². The molecule has 8 heteroatoms. The highest BCUT2D eigenvalue weighted by Gasteiger charge is 2.11. The van der Waals surface area contributed by atoms with Crippen LogP contribution >= 0.6 is 0 Å². The summed E-state index contributed by atoms with van der Waals surface area (Å²) in [4.78, 5) is 44.0. The molecule has 0 aliphatic carbocycles. The minimum absolute atomic E-state index is 0.0391.